The standard InChI is InChI=1S/C12H24N4/c1-12(2,10-15(3)4)9-13-8-11-6-7-16(5)14-11/h6-7,13H,8-10H2,1-5H3. The van der Waals surface area contributed by atoms with Crippen molar-refractivity contribution in [3.63, 3.8) is 0 Å². The van der Waals surface area contributed by atoms with Crippen LogP contribution in [0.4, 0.5) is 0 Å². The van der Waals surface area contributed by atoms with E-state index in [9.17, 15) is 0 Å². The van der Waals surface area contributed by atoms with Crippen molar-refractivity contribution in [2.45, 2.75) is 20.4 Å². The summed E-state index contributed by atoms with van der Waals surface area (Å²) in [6.45, 7) is 7.48. The van der Waals surface area contributed by atoms with E-state index >= 15 is 0 Å². The molecule has 0 amide bonds. The molecule has 0 saturated carbocycles. The first kappa shape index (κ1) is 13.2. The summed E-state index contributed by atoms with van der Waals surface area (Å²) in [6, 6.07) is 2.05. The summed E-state index contributed by atoms with van der Waals surface area (Å²) >= 11 is 0. The Morgan fingerprint density at radius 1 is 1.44 bits per heavy atom. The van der Waals surface area contributed by atoms with Gasteiger partial charge in [-0.05, 0) is 25.6 Å². The molecule has 0 bridgehead atoms. The van der Waals surface area contributed by atoms with E-state index < -0.39 is 0 Å². The molecule has 1 aromatic rings. The quantitative estimate of drug-likeness (QED) is 0.785. The number of hydrogen-bond donors (Lipinski definition) is 1. The summed E-state index contributed by atoms with van der Waals surface area (Å²) in [7, 11) is 6.17. The van der Waals surface area contributed by atoms with Crippen molar-refractivity contribution >= 4 is 0 Å². The molecule has 4 nitrogen and oxygen atoms in total. The molecule has 16 heavy (non-hydrogen) atoms. The molecule has 4 heteroatoms. The maximum Gasteiger partial charge on any atom is 0.0762 e. The first-order valence-corrected chi connectivity index (χ1v) is 5.73. The molecule has 0 aliphatic rings. The van der Waals surface area contributed by atoms with Crippen LogP contribution in [0, 0.1) is 5.41 Å². The number of nitrogens with one attached hydrogen (secondary N) is 1. The van der Waals surface area contributed by atoms with Crippen LogP contribution in [0.3, 0.4) is 0 Å². The Labute approximate surface area is 98.6 Å². The summed E-state index contributed by atoms with van der Waals surface area (Å²) < 4.78 is 1.84. The fourth-order valence-corrected chi connectivity index (χ4v) is 2.00. The number of aryl methyl sites for hydroxylation is 1. The van der Waals surface area contributed by atoms with Crippen molar-refractivity contribution in [1.29, 1.82) is 0 Å². The van der Waals surface area contributed by atoms with Gasteiger partial charge in [0.05, 0.1) is 5.69 Å². The fourth-order valence-electron chi connectivity index (χ4n) is 2.00. The van der Waals surface area contributed by atoms with Crippen LogP contribution < -0.4 is 5.32 Å². The van der Waals surface area contributed by atoms with E-state index in [1.807, 2.05) is 24.0 Å². The average molecular weight is 224 g/mol. The maximum absolute atomic E-state index is 4.33. The molecular formula is C12H24N4. The van der Waals surface area contributed by atoms with Crippen LogP contribution in [0.1, 0.15) is 19.5 Å². The number of nitrogens with zero attached hydrogens (tertiary/aromatic N) is 3. The van der Waals surface area contributed by atoms with Crippen LogP contribution in [-0.4, -0.2) is 41.9 Å². The van der Waals surface area contributed by atoms with E-state index in [0.29, 0.717) is 0 Å². The van der Waals surface area contributed by atoms with Crippen LogP contribution in [0.15, 0.2) is 12.3 Å². The molecule has 0 spiro atoms. The van der Waals surface area contributed by atoms with Gasteiger partial charge < -0.3 is 10.2 Å². The SMILES string of the molecule is CN(C)CC(C)(C)CNCc1ccn(C)n1. The van der Waals surface area contributed by atoms with Gasteiger partial charge in [-0.15, -0.1) is 0 Å². The third-order valence-corrected chi connectivity index (χ3v) is 2.42. The molecule has 0 fully saturated rings. The van der Waals surface area contributed by atoms with Crippen molar-refractivity contribution < 1.29 is 0 Å². The highest BCUT2D eigenvalue weighted by Crippen LogP contribution is 2.14. The van der Waals surface area contributed by atoms with E-state index in [1.54, 1.807) is 0 Å². The number of hydrogen-bond acceptors (Lipinski definition) is 3. The van der Waals surface area contributed by atoms with Crippen molar-refractivity contribution in [1.82, 2.24) is 20.0 Å². The molecule has 0 atom stereocenters. The van der Waals surface area contributed by atoms with E-state index in [-0.39, 0.29) is 5.41 Å². The summed E-state index contributed by atoms with van der Waals surface area (Å²) in [6.07, 6.45) is 1.97. The summed E-state index contributed by atoms with van der Waals surface area (Å²) in [5, 5.41) is 7.79. The van der Waals surface area contributed by atoms with E-state index in [1.165, 1.54) is 0 Å². The summed E-state index contributed by atoms with van der Waals surface area (Å²) in [4.78, 5) is 2.22. The molecule has 0 aromatic carbocycles. The lowest BCUT2D eigenvalue weighted by Gasteiger charge is -2.28. The highest BCUT2D eigenvalue weighted by atomic mass is 15.3. The van der Waals surface area contributed by atoms with Gasteiger partial charge in [0.25, 0.3) is 0 Å². The van der Waals surface area contributed by atoms with Crippen molar-refractivity contribution in [2.24, 2.45) is 12.5 Å². The Balaban J connectivity index is 2.29. The Kier molecular flexibility index (Phi) is 4.50. The highest BCUT2D eigenvalue weighted by Gasteiger charge is 2.18. The number of rotatable bonds is 6. The van der Waals surface area contributed by atoms with Gasteiger partial charge in [0.2, 0.25) is 0 Å². The predicted molar refractivity (Wildman–Crippen MR) is 67.2 cm³/mol. The van der Waals surface area contributed by atoms with Gasteiger partial charge in [0.15, 0.2) is 0 Å². The molecule has 0 aliphatic carbocycles. The zero-order valence-electron chi connectivity index (χ0n) is 11.1. The van der Waals surface area contributed by atoms with Crippen LogP contribution in [0.5, 0.6) is 0 Å². The predicted octanol–water partition coefficient (Wildman–Crippen LogP) is 1.10. The van der Waals surface area contributed by atoms with Gasteiger partial charge >= 0.3 is 0 Å². The molecule has 0 radical (unpaired) electrons. The van der Waals surface area contributed by atoms with Crippen LogP contribution >= 0.6 is 0 Å². The smallest absolute Gasteiger partial charge is 0.0762 e. The van der Waals surface area contributed by atoms with Crippen molar-refractivity contribution in [3.8, 4) is 0 Å². The van der Waals surface area contributed by atoms with Crippen LogP contribution in [-0.2, 0) is 13.6 Å². The lowest BCUT2D eigenvalue weighted by atomic mass is 9.93. The zero-order valence-corrected chi connectivity index (χ0v) is 11.1. The van der Waals surface area contributed by atoms with Gasteiger partial charge in [-0.25, -0.2) is 0 Å². The Bertz CT molecular complexity index is 315. The van der Waals surface area contributed by atoms with Crippen molar-refractivity contribution in [2.75, 3.05) is 27.2 Å². The molecule has 1 aromatic heterocycles. The highest BCUT2D eigenvalue weighted by molar-refractivity contribution is 4.98. The Morgan fingerprint density at radius 2 is 2.12 bits per heavy atom. The summed E-state index contributed by atoms with van der Waals surface area (Å²) in [5.74, 6) is 0. The monoisotopic (exact) mass is 224 g/mol. The largest absolute Gasteiger partial charge is 0.311 e. The molecule has 0 unspecified atom stereocenters. The second kappa shape index (κ2) is 5.46. The van der Waals surface area contributed by atoms with E-state index in [2.05, 4.69) is 43.3 Å². The summed E-state index contributed by atoms with van der Waals surface area (Å²) in [5.41, 5.74) is 1.39. The van der Waals surface area contributed by atoms with Gasteiger partial charge in [-0.3, -0.25) is 4.68 Å². The average Bonchev–Trinajstić information content (AvgIpc) is 2.48. The molecule has 92 valence electrons. The van der Waals surface area contributed by atoms with Gasteiger partial charge in [0, 0.05) is 32.9 Å². The topological polar surface area (TPSA) is 33.1 Å². The molecule has 0 aliphatic heterocycles. The lowest BCUT2D eigenvalue weighted by molar-refractivity contribution is 0.232. The first-order chi connectivity index (χ1) is 7.39. The normalized spacial score (nSPS) is 12.4. The number of aromatic nitrogens is 2. The Morgan fingerprint density at radius 3 is 2.62 bits per heavy atom. The van der Waals surface area contributed by atoms with Crippen LogP contribution in [0.2, 0.25) is 0 Å². The second-order valence-corrected chi connectivity index (χ2v) is 5.49. The third-order valence-electron chi connectivity index (χ3n) is 2.42. The fraction of sp³-hybridized carbons (Fsp3) is 0.750. The van der Waals surface area contributed by atoms with Gasteiger partial charge in [0.1, 0.15) is 0 Å². The maximum atomic E-state index is 4.33. The molecule has 1 rings (SSSR count). The first-order valence-electron chi connectivity index (χ1n) is 5.73. The lowest BCUT2D eigenvalue weighted by Crippen LogP contribution is -2.37. The van der Waals surface area contributed by atoms with E-state index in [4.69, 9.17) is 0 Å². The van der Waals surface area contributed by atoms with Gasteiger partial charge in [-0.2, -0.15) is 5.10 Å². The molecular weight excluding hydrogens is 200 g/mol. The molecule has 0 saturated heterocycles. The van der Waals surface area contributed by atoms with Gasteiger partial charge in [-0.1, -0.05) is 13.8 Å². The van der Waals surface area contributed by atoms with Crippen LogP contribution in [0.25, 0.3) is 0 Å². The van der Waals surface area contributed by atoms with Crippen molar-refractivity contribution in [3.05, 3.63) is 18.0 Å². The second-order valence-electron chi connectivity index (χ2n) is 5.49. The third kappa shape index (κ3) is 4.77. The minimum Gasteiger partial charge on any atom is -0.311 e. The minimum absolute atomic E-state index is 0.290. The Hall–Kier alpha value is -0.870. The molecule has 1 N–H and O–H groups in total. The minimum atomic E-state index is 0.290. The van der Waals surface area contributed by atoms with E-state index in [0.717, 1.165) is 25.3 Å². The zero-order chi connectivity index (χ0) is 12.2. The molecule has 1 heterocycles.